The summed E-state index contributed by atoms with van der Waals surface area (Å²) in [7, 11) is 1.72. The molecule has 1 aliphatic heterocycles. The van der Waals surface area contributed by atoms with E-state index in [2.05, 4.69) is 5.43 Å². The van der Waals surface area contributed by atoms with Crippen molar-refractivity contribution in [2.24, 2.45) is 0 Å². The molecule has 1 aliphatic rings. The van der Waals surface area contributed by atoms with Crippen LogP contribution in [0, 0.1) is 0 Å². The van der Waals surface area contributed by atoms with E-state index >= 15 is 0 Å². The van der Waals surface area contributed by atoms with Gasteiger partial charge in [0.25, 0.3) is 0 Å². The molecule has 1 aromatic heterocycles. The number of allylic oxidation sites excluding steroid dienone is 2. The Hall–Kier alpha value is -1.85. The van der Waals surface area contributed by atoms with Gasteiger partial charge >= 0.3 is 0 Å². The first-order chi connectivity index (χ1) is 7.66. The molecule has 5 nitrogen and oxygen atoms in total. The van der Waals surface area contributed by atoms with Crippen LogP contribution in [-0.2, 0) is 0 Å². The molecule has 84 valence electrons. The lowest BCUT2D eigenvalue weighted by molar-refractivity contribution is 0.0946. The fraction of sp³-hybridized carbons (Fsp3) is 0.182. The molecule has 0 saturated carbocycles. The van der Waals surface area contributed by atoms with Crippen LogP contribution in [0.2, 0.25) is 0 Å². The molecule has 0 fully saturated rings. The Morgan fingerprint density at radius 2 is 2.50 bits per heavy atom. The normalized spacial score (nSPS) is 22.8. The molecule has 0 bridgehead atoms. The number of nitrogens with zero attached hydrogens (tertiary/aromatic N) is 1. The second-order valence-electron chi connectivity index (χ2n) is 3.40. The SMILES string of the molecule is CN1NC(O)C=C/C1=C\C(=O)c1ccco1. The van der Waals surface area contributed by atoms with Crippen molar-refractivity contribution in [3.8, 4) is 0 Å². The molecule has 2 rings (SSSR count). The summed E-state index contributed by atoms with van der Waals surface area (Å²) in [5.41, 5.74) is 3.39. The van der Waals surface area contributed by atoms with E-state index in [4.69, 9.17) is 4.42 Å². The summed E-state index contributed by atoms with van der Waals surface area (Å²) < 4.78 is 4.99. The van der Waals surface area contributed by atoms with Gasteiger partial charge in [-0.25, -0.2) is 5.43 Å². The van der Waals surface area contributed by atoms with Crippen LogP contribution in [0.4, 0.5) is 0 Å². The highest BCUT2D eigenvalue weighted by molar-refractivity contribution is 6.02. The second-order valence-corrected chi connectivity index (χ2v) is 3.40. The fourth-order valence-electron chi connectivity index (χ4n) is 1.39. The second kappa shape index (κ2) is 4.34. The van der Waals surface area contributed by atoms with Crippen LogP contribution in [0.25, 0.3) is 0 Å². The van der Waals surface area contributed by atoms with E-state index in [1.54, 1.807) is 36.3 Å². The first-order valence-electron chi connectivity index (χ1n) is 4.82. The van der Waals surface area contributed by atoms with Gasteiger partial charge in [-0.2, -0.15) is 0 Å². The minimum Gasteiger partial charge on any atom is -0.461 e. The Morgan fingerprint density at radius 1 is 1.69 bits per heavy atom. The van der Waals surface area contributed by atoms with Crippen LogP contribution < -0.4 is 5.43 Å². The molecule has 5 heteroatoms. The molecule has 0 amide bonds. The topological polar surface area (TPSA) is 65.7 Å². The molecule has 0 spiro atoms. The summed E-state index contributed by atoms with van der Waals surface area (Å²) in [5.74, 6) is 0.0788. The third kappa shape index (κ3) is 2.21. The Kier molecular flexibility index (Phi) is 2.89. The van der Waals surface area contributed by atoms with Gasteiger partial charge in [0.2, 0.25) is 5.78 Å². The summed E-state index contributed by atoms with van der Waals surface area (Å²) >= 11 is 0. The molecule has 2 heterocycles. The average Bonchev–Trinajstić information content (AvgIpc) is 2.75. The third-order valence-corrected chi connectivity index (χ3v) is 2.21. The van der Waals surface area contributed by atoms with Gasteiger partial charge < -0.3 is 14.5 Å². The number of ketones is 1. The van der Waals surface area contributed by atoms with Crippen molar-refractivity contribution in [3.63, 3.8) is 0 Å². The lowest BCUT2D eigenvalue weighted by atomic mass is 10.2. The zero-order valence-corrected chi connectivity index (χ0v) is 8.75. The number of carbonyl (C=O) groups is 1. The van der Waals surface area contributed by atoms with Gasteiger partial charge in [-0.05, 0) is 24.3 Å². The summed E-state index contributed by atoms with van der Waals surface area (Å²) in [4.78, 5) is 11.7. The van der Waals surface area contributed by atoms with Gasteiger partial charge in [0, 0.05) is 13.1 Å². The van der Waals surface area contributed by atoms with E-state index in [0.717, 1.165) is 0 Å². The highest BCUT2D eigenvalue weighted by Gasteiger charge is 2.14. The minimum atomic E-state index is -0.721. The predicted octanol–water partition coefficient (Wildman–Crippen LogP) is 0.671. The molecule has 16 heavy (non-hydrogen) atoms. The molecule has 1 unspecified atom stereocenters. The van der Waals surface area contributed by atoms with Crippen LogP contribution in [0.15, 0.2) is 46.7 Å². The van der Waals surface area contributed by atoms with E-state index in [9.17, 15) is 9.90 Å². The molecule has 2 N–H and O–H groups in total. The molecule has 1 atom stereocenters. The number of aliphatic hydroxyl groups is 1. The maximum atomic E-state index is 11.7. The Balaban J connectivity index is 2.18. The zero-order chi connectivity index (χ0) is 11.5. The van der Waals surface area contributed by atoms with Crippen molar-refractivity contribution in [1.82, 2.24) is 10.4 Å². The van der Waals surface area contributed by atoms with Crippen LogP contribution >= 0.6 is 0 Å². The quantitative estimate of drug-likeness (QED) is 0.566. The monoisotopic (exact) mass is 220 g/mol. The number of aliphatic hydroxyl groups excluding tert-OH is 1. The standard InChI is InChI=1S/C11H12N2O3/c1-13-8(4-5-11(15)12-13)7-9(14)10-3-2-6-16-10/h2-7,11-12,15H,1H3/b8-7+. The number of likely N-dealkylation sites (N-methyl/N-ethyl adjacent to an activating group) is 1. The molecule has 0 aromatic carbocycles. The van der Waals surface area contributed by atoms with E-state index in [1.165, 1.54) is 12.3 Å². The minimum absolute atomic E-state index is 0.213. The maximum Gasteiger partial charge on any atom is 0.223 e. The summed E-state index contributed by atoms with van der Waals surface area (Å²) in [6.07, 6.45) is 5.40. The Labute approximate surface area is 92.6 Å². The molecule has 0 radical (unpaired) electrons. The maximum absolute atomic E-state index is 11.7. The number of hydrogen-bond acceptors (Lipinski definition) is 5. The lowest BCUT2D eigenvalue weighted by Gasteiger charge is -2.27. The highest BCUT2D eigenvalue weighted by Crippen LogP contribution is 2.10. The average molecular weight is 220 g/mol. The Morgan fingerprint density at radius 3 is 3.12 bits per heavy atom. The van der Waals surface area contributed by atoms with Crippen molar-refractivity contribution in [2.75, 3.05) is 7.05 Å². The van der Waals surface area contributed by atoms with Gasteiger partial charge in [-0.15, -0.1) is 0 Å². The van der Waals surface area contributed by atoms with E-state index in [-0.39, 0.29) is 5.78 Å². The van der Waals surface area contributed by atoms with E-state index < -0.39 is 6.23 Å². The van der Waals surface area contributed by atoms with Crippen LogP contribution in [0.5, 0.6) is 0 Å². The molecule has 0 saturated heterocycles. The number of furan rings is 1. The summed E-state index contributed by atoms with van der Waals surface area (Å²) in [6.45, 7) is 0. The first-order valence-corrected chi connectivity index (χ1v) is 4.82. The summed E-state index contributed by atoms with van der Waals surface area (Å²) in [6, 6.07) is 3.27. The van der Waals surface area contributed by atoms with Gasteiger partial charge in [-0.3, -0.25) is 4.79 Å². The van der Waals surface area contributed by atoms with E-state index in [0.29, 0.717) is 11.5 Å². The molecule has 1 aromatic rings. The van der Waals surface area contributed by atoms with Crippen LogP contribution in [0.1, 0.15) is 10.6 Å². The van der Waals surface area contributed by atoms with Crippen molar-refractivity contribution >= 4 is 5.78 Å². The highest BCUT2D eigenvalue weighted by atomic mass is 16.3. The molecule has 0 aliphatic carbocycles. The smallest absolute Gasteiger partial charge is 0.223 e. The lowest BCUT2D eigenvalue weighted by Crippen LogP contribution is -2.43. The van der Waals surface area contributed by atoms with Gasteiger partial charge in [0.1, 0.15) is 6.23 Å². The third-order valence-electron chi connectivity index (χ3n) is 2.21. The fourth-order valence-corrected chi connectivity index (χ4v) is 1.39. The van der Waals surface area contributed by atoms with Crippen LogP contribution in [-0.4, -0.2) is 29.2 Å². The number of carbonyl (C=O) groups excluding carboxylic acids is 1. The summed E-state index contributed by atoms with van der Waals surface area (Å²) in [5, 5.41) is 10.8. The molecular formula is C11H12N2O3. The van der Waals surface area contributed by atoms with Crippen molar-refractivity contribution < 1.29 is 14.3 Å². The van der Waals surface area contributed by atoms with Crippen LogP contribution in [0.3, 0.4) is 0 Å². The predicted molar refractivity (Wildman–Crippen MR) is 57.2 cm³/mol. The van der Waals surface area contributed by atoms with Crippen molar-refractivity contribution in [2.45, 2.75) is 6.23 Å². The van der Waals surface area contributed by atoms with Gasteiger partial charge in [0.15, 0.2) is 5.76 Å². The van der Waals surface area contributed by atoms with E-state index in [1.807, 2.05) is 0 Å². The number of hydrazine groups is 1. The largest absolute Gasteiger partial charge is 0.461 e. The van der Waals surface area contributed by atoms with Gasteiger partial charge in [-0.1, -0.05) is 0 Å². The van der Waals surface area contributed by atoms with Crippen molar-refractivity contribution in [1.29, 1.82) is 0 Å². The number of rotatable bonds is 2. The van der Waals surface area contributed by atoms with Crippen molar-refractivity contribution in [3.05, 3.63) is 48.1 Å². The number of hydrogen-bond donors (Lipinski definition) is 2. The van der Waals surface area contributed by atoms with Gasteiger partial charge in [0.05, 0.1) is 12.0 Å². The zero-order valence-electron chi connectivity index (χ0n) is 8.75. The number of nitrogens with one attached hydrogen (secondary N) is 1. The Bertz CT molecular complexity index is 434. The first kappa shape index (κ1) is 10.7. The molecular weight excluding hydrogens is 208 g/mol.